The molecular weight excluding hydrogens is 310 g/mol. The van der Waals surface area contributed by atoms with Gasteiger partial charge in [-0.1, -0.05) is 29.3 Å². The first kappa shape index (κ1) is 17.5. The molecule has 106 valence electrons. The van der Waals surface area contributed by atoms with E-state index in [1.54, 1.807) is 18.2 Å². The molecule has 0 aromatic heterocycles. The van der Waals surface area contributed by atoms with Crippen molar-refractivity contribution < 1.29 is 27.9 Å². The summed E-state index contributed by atoms with van der Waals surface area (Å²) in [6, 6.07) is 5.00. The maximum atomic E-state index is 10.6. The summed E-state index contributed by atoms with van der Waals surface area (Å²) in [5.41, 5.74) is 5.77. The second kappa shape index (κ2) is 7.20. The number of halogens is 5. The lowest BCUT2D eigenvalue weighted by Crippen LogP contribution is -2.21. The van der Waals surface area contributed by atoms with Crippen LogP contribution in [0.5, 0.6) is 0 Å². The van der Waals surface area contributed by atoms with E-state index in [-0.39, 0.29) is 12.3 Å². The minimum atomic E-state index is -5.08. The van der Waals surface area contributed by atoms with Crippen molar-refractivity contribution in [1.29, 1.82) is 0 Å². The van der Waals surface area contributed by atoms with E-state index in [4.69, 9.17) is 38.8 Å². The lowest BCUT2D eigenvalue weighted by atomic mass is 10.1. The second-order valence-corrected chi connectivity index (χ2v) is 4.01. The van der Waals surface area contributed by atoms with Crippen molar-refractivity contribution in [3.8, 4) is 0 Å². The van der Waals surface area contributed by atoms with Crippen LogP contribution in [-0.2, 0) is 16.0 Å². The number of carbonyl (C=O) groups excluding carboxylic acids is 1. The van der Waals surface area contributed by atoms with Gasteiger partial charge in [0.15, 0.2) is 0 Å². The molecule has 0 aliphatic rings. The van der Waals surface area contributed by atoms with Crippen LogP contribution in [0.3, 0.4) is 0 Å². The Labute approximate surface area is 115 Å². The summed E-state index contributed by atoms with van der Waals surface area (Å²) < 4.78 is 31.7. The number of carboxylic acids is 1. The third-order valence-corrected chi connectivity index (χ3v) is 2.34. The van der Waals surface area contributed by atoms with E-state index >= 15 is 0 Å². The highest BCUT2D eigenvalue weighted by molar-refractivity contribution is 6.42. The van der Waals surface area contributed by atoms with E-state index < -0.39 is 12.1 Å². The van der Waals surface area contributed by atoms with Crippen molar-refractivity contribution in [1.82, 2.24) is 0 Å². The molecule has 0 saturated heterocycles. The molecule has 1 rings (SSSR count). The molecule has 0 saturated carbocycles. The highest BCUT2D eigenvalue weighted by Crippen LogP contribution is 2.22. The van der Waals surface area contributed by atoms with Gasteiger partial charge in [0.05, 0.1) is 16.5 Å². The van der Waals surface area contributed by atoms with Crippen molar-refractivity contribution in [2.75, 3.05) is 0 Å². The maximum Gasteiger partial charge on any atom is 0.490 e. The van der Waals surface area contributed by atoms with Crippen molar-refractivity contribution in [3.63, 3.8) is 0 Å². The number of hydrogen-bond acceptors (Lipinski definition) is 2. The molecule has 1 aromatic carbocycles. The van der Waals surface area contributed by atoms with Gasteiger partial charge in [-0.2, -0.15) is 13.2 Å². The number of amides is 1. The maximum absolute atomic E-state index is 10.6. The average molecular weight is 318 g/mol. The van der Waals surface area contributed by atoms with E-state index in [2.05, 4.69) is 0 Å². The summed E-state index contributed by atoms with van der Waals surface area (Å²) in [4.78, 5) is 19.4. The SMILES string of the molecule is NC(=O)Cc1ccc(Cl)c(Cl)c1.O=C(O)C(F)(F)F. The van der Waals surface area contributed by atoms with Gasteiger partial charge in [-0.3, -0.25) is 4.79 Å². The summed E-state index contributed by atoms with van der Waals surface area (Å²) in [7, 11) is 0. The van der Waals surface area contributed by atoms with Gasteiger partial charge in [0, 0.05) is 0 Å². The Morgan fingerprint density at radius 2 is 1.68 bits per heavy atom. The van der Waals surface area contributed by atoms with Crippen LogP contribution in [0.15, 0.2) is 18.2 Å². The lowest BCUT2D eigenvalue weighted by molar-refractivity contribution is -0.192. The van der Waals surface area contributed by atoms with Gasteiger partial charge >= 0.3 is 12.1 Å². The van der Waals surface area contributed by atoms with Crippen LogP contribution >= 0.6 is 23.2 Å². The zero-order valence-electron chi connectivity index (χ0n) is 9.17. The topological polar surface area (TPSA) is 80.4 Å². The number of primary amides is 1. The number of nitrogens with two attached hydrogens (primary N) is 1. The normalized spacial score (nSPS) is 10.4. The molecule has 4 nitrogen and oxygen atoms in total. The highest BCUT2D eigenvalue weighted by atomic mass is 35.5. The average Bonchev–Trinajstić information content (AvgIpc) is 2.22. The van der Waals surface area contributed by atoms with Crippen LogP contribution < -0.4 is 5.73 Å². The predicted octanol–water partition coefficient (Wildman–Crippen LogP) is 2.65. The smallest absolute Gasteiger partial charge is 0.475 e. The van der Waals surface area contributed by atoms with Gasteiger partial charge in [0.25, 0.3) is 0 Å². The Bertz CT molecular complexity index is 478. The predicted molar refractivity (Wildman–Crippen MR) is 63.1 cm³/mol. The van der Waals surface area contributed by atoms with Crippen molar-refractivity contribution in [2.45, 2.75) is 12.6 Å². The molecule has 0 spiro atoms. The third kappa shape index (κ3) is 7.53. The second-order valence-electron chi connectivity index (χ2n) is 3.19. The first-order valence-corrected chi connectivity index (χ1v) is 5.32. The fourth-order valence-corrected chi connectivity index (χ4v) is 1.17. The van der Waals surface area contributed by atoms with Gasteiger partial charge in [-0.25, -0.2) is 4.79 Å². The number of alkyl halides is 3. The van der Waals surface area contributed by atoms with E-state index in [1.165, 1.54) is 0 Å². The number of aliphatic carboxylic acids is 1. The van der Waals surface area contributed by atoms with Crippen molar-refractivity contribution >= 4 is 35.1 Å². The molecule has 0 heterocycles. The standard InChI is InChI=1S/C8H7Cl2NO.C2HF3O2/c9-6-2-1-5(3-7(6)10)4-8(11)12;3-2(4,5)1(6)7/h1-3H,4H2,(H2,11,12);(H,6,7). The van der Waals surface area contributed by atoms with Crippen LogP contribution in [0.4, 0.5) is 13.2 Å². The molecule has 0 aliphatic heterocycles. The van der Waals surface area contributed by atoms with Gasteiger partial charge in [0.1, 0.15) is 0 Å². The number of hydrogen-bond donors (Lipinski definition) is 2. The van der Waals surface area contributed by atoms with E-state index in [9.17, 15) is 18.0 Å². The van der Waals surface area contributed by atoms with Crippen molar-refractivity contribution in [3.05, 3.63) is 33.8 Å². The van der Waals surface area contributed by atoms with E-state index in [0.29, 0.717) is 10.0 Å². The Kier molecular flexibility index (Phi) is 6.64. The molecule has 0 radical (unpaired) electrons. The largest absolute Gasteiger partial charge is 0.490 e. The van der Waals surface area contributed by atoms with Gasteiger partial charge in [-0.15, -0.1) is 0 Å². The number of benzene rings is 1. The molecule has 0 aliphatic carbocycles. The summed E-state index contributed by atoms with van der Waals surface area (Å²) in [5.74, 6) is -3.14. The van der Waals surface area contributed by atoms with Gasteiger partial charge < -0.3 is 10.8 Å². The van der Waals surface area contributed by atoms with Gasteiger partial charge in [-0.05, 0) is 17.7 Å². The molecular formula is C10H8Cl2F3NO3. The monoisotopic (exact) mass is 317 g/mol. The summed E-state index contributed by atoms with van der Waals surface area (Å²) in [5, 5.41) is 8.04. The highest BCUT2D eigenvalue weighted by Gasteiger charge is 2.38. The Balaban J connectivity index is 0.000000399. The van der Waals surface area contributed by atoms with Gasteiger partial charge in [0.2, 0.25) is 5.91 Å². The van der Waals surface area contributed by atoms with Crippen LogP contribution in [0.25, 0.3) is 0 Å². The summed E-state index contributed by atoms with van der Waals surface area (Å²) in [6.45, 7) is 0. The zero-order valence-corrected chi connectivity index (χ0v) is 10.7. The Morgan fingerprint density at radius 1 is 1.21 bits per heavy atom. The van der Waals surface area contributed by atoms with Crippen LogP contribution in [0, 0.1) is 0 Å². The van der Waals surface area contributed by atoms with Crippen LogP contribution in [-0.4, -0.2) is 23.2 Å². The van der Waals surface area contributed by atoms with Crippen LogP contribution in [0.1, 0.15) is 5.56 Å². The fourth-order valence-electron chi connectivity index (χ4n) is 0.851. The molecule has 0 unspecified atom stereocenters. The molecule has 0 atom stereocenters. The number of carboxylic acid groups (broad SMARTS) is 1. The molecule has 19 heavy (non-hydrogen) atoms. The van der Waals surface area contributed by atoms with Crippen LogP contribution in [0.2, 0.25) is 10.0 Å². The van der Waals surface area contributed by atoms with Crippen molar-refractivity contribution in [2.24, 2.45) is 5.73 Å². The molecule has 1 amide bonds. The minimum Gasteiger partial charge on any atom is -0.475 e. The minimum absolute atomic E-state index is 0.191. The zero-order chi connectivity index (χ0) is 15.2. The third-order valence-electron chi connectivity index (χ3n) is 1.60. The quantitative estimate of drug-likeness (QED) is 0.880. The number of rotatable bonds is 2. The van der Waals surface area contributed by atoms with E-state index in [0.717, 1.165) is 5.56 Å². The first-order valence-electron chi connectivity index (χ1n) is 4.56. The Morgan fingerprint density at radius 3 is 2.00 bits per heavy atom. The summed E-state index contributed by atoms with van der Waals surface area (Å²) >= 11 is 11.4. The summed E-state index contributed by atoms with van der Waals surface area (Å²) in [6.07, 6.45) is -4.89. The fraction of sp³-hybridized carbons (Fsp3) is 0.200. The Hall–Kier alpha value is -1.47. The molecule has 3 N–H and O–H groups in total. The molecule has 1 aromatic rings. The van der Waals surface area contributed by atoms with E-state index in [1.807, 2.05) is 0 Å². The molecule has 0 fully saturated rings. The number of carbonyl (C=O) groups is 2. The molecule has 0 bridgehead atoms. The lowest BCUT2D eigenvalue weighted by Gasteiger charge is -1.99. The molecule has 9 heteroatoms. The first-order chi connectivity index (χ1) is 8.54.